The average molecular weight is 228 g/mol. The van der Waals surface area contributed by atoms with Gasteiger partial charge in [-0.2, -0.15) is 0 Å². The Bertz CT molecular complexity index is 133. The summed E-state index contributed by atoms with van der Waals surface area (Å²) in [5.74, 6) is 0. The van der Waals surface area contributed by atoms with Gasteiger partial charge in [0.05, 0.1) is 0 Å². The number of unbranched alkanes of at least 4 members (excludes halogenated alkanes) is 9. The third-order valence-corrected chi connectivity index (χ3v) is 3.27. The third-order valence-electron chi connectivity index (χ3n) is 3.27. The van der Waals surface area contributed by atoms with Gasteiger partial charge in [-0.15, -0.1) is 0 Å². The van der Waals surface area contributed by atoms with Crippen LogP contribution in [-0.4, -0.2) is 0 Å². The lowest BCUT2D eigenvalue weighted by atomic mass is 10.0. The zero-order valence-corrected chi connectivity index (χ0v) is 11.8. The van der Waals surface area contributed by atoms with Crippen molar-refractivity contribution in [3.8, 4) is 0 Å². The summed E-state index contributed by atoms with van der Waals surface area (Å²) in [6, 6.07) is 0. The van der Waals surface area contributed by atoms with E-state index in [-0.39, 0.29) is 6.40 Å². The Kier molecular flexibility index (Phi) is 13.2. The van der Waals surface area contributed by atoms with Gasteiger partial charge in [0.2, 0.25) is 0 Å². The van der Waals surface area contributed by atoms with Crippen LogP contribution in [0.1, 0.15) is 105 Å². The molecule has 0 heterocycles. The van der Waals surface area contributed by atoms with E-state index >= 15 is 0 Å². The molecule has 0 heteroatoms. The molecule has 0 amide bonds. The smallest absolute Gasteiger partial charge is 0.0267 e. The van der Waals surface area contributed by atoms with Gasteiger partial charge >= 0.3 is 0 Å². The number of hydrogen-bond acceptors (Lipinski definition) is 0. The molecule has 0 radical (unpaired) electrons. The Morgan fingerprint density at radius 3 is 1.19 bits per heavy atom. The minimum atomic E-state index is 0.225. The molecule has 0 fully saturated rings. The van der Waals surface area contributed by atoms with Gasteiger partial charge in [-0.25, -0.2) is 0 Å². The van der Waals surface area contributed by atoms with Gasteiger partial charge in [0.1, 0.15) is 0 Å². The Hall–Kier alpha value is 0. The molecule has 0 aliphatic carbocycles. The summed E-state index contributed by atoms with van der Waals surface area (Å²) in [6.07, 6.45) is 17.4. The van der Waals surface area contributed by atoms with Crippen LogP contribution in [0.4, 0.5) is 0 Å². The van der Waals surface area contributed by atoms with Crippen LogP contribution in [0, 0.1) is 0 Å². The standard InChI is InChI=1S/C16H34/c1-3-5-7-9-11-13-15-16-14-12-10-8-6-4-2/h3-16H2,1-2H3/i13T. The summed E-state index contributed by atoms with van der Waals surface area (Å²) < 4.78 is 7.95. The van der Waals surface area contributed by atoms with Crippen molar-refractivity contribution in [2.75, 3.05) is 0 Å². The van der Waals surface area contributed by atoms with E-state index in [1.54, 1.807) is 0 Å². The van der Waals surface area contributed by atoms with Gasteiger partial charge in [0.15, 0.2) is 0 Å². The molecule has 0 aromatic carbocycles. The third kappa shape index (κ3) is 14.0. The first-order valence-electron chi connectivity index (χ1n) is 8.31. The highest BCUT2D eigenvalue weighted by Gasteiger charge is 1.92. The Balaban J connectivity index is 3.08. The molecule has 0 rings (SSSR count). The Morgan fingerprint density at radius 1 is 0.500 bits per heavy atom. The second-order valence-electron chi connectivity index (χ2n) is 5.05. The van der Waals surface area contributed by atoms with Crippen LogP contribution < -0.4 is 0 Å². The first-order chi connectivity index (χ1) is 8.31. The topological polar surface area (TPSA) is 0 Å². The van der Waals surface area contributed by atoms with Gasteiger partial charge in [-0.1, -0.05) is 104 Å². The first kappa shape index (κ1) is 14.1. The van der Waals surface area contributed by atoms with Gasteiger partial charge in [-0.05, 0) is 0 Å². The number of rotatable bonds is 13. The predicted octanol–water partition coefficient (Wildman–Crippen LogP) is 6.49. The maximum Gasteiger partial charge on any atom is 0.0267 e. The summed E-state index contributed by atoms with van der Waals surface area (Å²) in [5.41, 5.74) is 0. The van der Waals surface area contributed by atoms with E-state index < -0.39 is 0 Å². The normalized spacial score (nSPS) is 13.8. The monoisotopic (exact) mass is 228 g/mol. The molecule has 0 aromatic rings. The molecular weight excluding hydrogens is 192 g/mol. The van der Waals surface area contributed by atoms with E-state index in [4.69, 9.17) is 1.37 Å². The van der Waals surface area contributed by atoms with Crippen LogP contribution >= 0.6 is 0 Å². The van der Waals surface area contributed by atoms with Gasteiger partial charge < -0.3 is 0 Å². The van der Waals surface area contributed by atoms with Gasteiger partial charge in [0, 0.05) is 1.37 Å². The molecule has 0 aliphatic rings. The molecule has 1 unspecified atom stereocenters. The SMILES string of the molecule is [3H]C(CCCCCC)CCCCCCCCC. The van der Waals surface area contributed by atoms with Gasteiger partial charge in [0.25, 0.3) is 0 Å². The fourth-order valence-corrected chi connectivity index (χ4v) is 2.11. The quantitative estimate of drug-likeness (QED) is 0.316. The maximum atomic E-state index is 7.95. The molecule has 0 spiro atoms. The summed E-state index contributed by atoms with van der Waals surface area (Å²) >= 11 is 0. The largest absolute Gasteiger partial charge is 0.0654 e. The summed E-state index contributed by atoms with van der Waals surface area (Å²) in [7, 11) is 0. The van der Waals surface area contributed by atoms with Crippen LogP contribution in [0.2, 0.25) is 0 Å². The predicted molar refractivity (Wildman–Crippen MR) is 76.0 cm³/mol. The van der Waals surface area contributed by atoms with Crippen molar-refractivity contribution in [2.24, 2.45) is 0 Å². The summed E-state index contributed by atoms with van der Waals surface area (Å²) in [5, 5.41) is 0. The van der Waals surface area contributed by atoms with Crippen molar-refractivity contribution in [1.82, 2.24) is 0 Å². The van der Waals surface area contributed by atoms with Crippen molar-refractivity contribution in [2.45, 2.75) is 104 Å². The van der Waals surface area contributed by atoms with Crippen LogP contribution in [0.3, 0.4) is 0 Å². The maximum absolute atomic E-state index is 7.95. The van der Waals surface area contributed by atoms with E-state index in [1.807, 2.05) is 0 Å². The van der Waals surface area contributed by atoms with E-state index in [2.05, 4.69) is 13.8 Å². The van der Waals surface area contributed by atoms with Crippen LogP contribution in [0.25, 0.3) is 0 Å². The lowest BCUT2D eigenvalue weighted by Gasteiger charge is -2.02. The Labute approximate surface area is 106 Å². The van der Waals surface area contributed by atoms with Crippen LogP contribution in [0.15, 0.2) is 0 Å². The zero-order chi connectivity index (χ0) is 12.8. The van der Waals surface area contributed by atoms with Crippen LogP contribution in [-0.2, 0) is 0 Å². The molecule has 0 bridgehead atoms. The lowest BCUT2D eigenvalue weighted by Crippen LogP contribution is -1.82. The van der Waals surface area contributed by atoms with Crippen molar-refractivity contribution in [3.63, 3.8) is 0 Å². The van der Waals surface area contributed by atoms with Crippen molar-refractivity contribution in [1.29, 1.82) is 0 Å². The Morgan fingerprint density at radius 2 is 0.812 bits per heavy atom. The molecule has 0 saturated heterocycles. The fraction of sp³-hybridized carbons (Fsp3) is 1.00. The highest BCUT2D eigenvalue weighted by Crippen LogP contribution is 2.12. The van der Waals surface area contributed by atoms with E-state index in [0.717, 1.165) is 12.8 Å². The molecule has 98 valence electrons. The zero-order valence-electron chi connectivity index (χ0n) is 12.8. The molecule has 0 N–H and O–H groups in total. The van der Waals surface area contributed by atoms with E-state index in [0.29, 0.717) is 0 Å². The molecule has 0 aliphatic heterocycles. The minimum Gasteiger partial charge on any atom is -0.0654 e. The van der Waals surface area contributed by atoms with Crippen LogP contribution in [0.5, 0.6) is 0 Å². The minimum absolute atomic E-state index is 0.225. The second-order valence-corrected chi connectivity index (χ2v) is 5.05. The fourth-order valence-electron chi connectivity index (χ4n) is 2.11. The second kappa shape index (κ2) is 15.0. The molecule has 0 saturated carbocycles. The van der Waals surface area contributed by atoms with Crippen molar-refractivity contribution in [3.05, 3.63) is 0 Å². The van der Waals surface area contributed by atoms with E-state index in [1.165, 1.54) is 70.6 Å². The number of hydrogen-bond donors (Lipinski definition) is 0. The first-order valence-corrected chi connectivity index (χ1v) is 7.73. The summed E-state index contributed by atoms with van der Waals surface area (Å²) in [6.45, 7) is 4.51. The highest BCUT2D eigenvalue weighted by molar-refractivity contribution is 4.48. The van der Waals surface area contributed by atoms with Gasteiger partial charge in [-0.3, -0.25) is 0 Å². The molecular formula is C16H34. The molecule has 0 aromatic heterocycles. The van der Waals surface area contributed by atoms with E-state index in [9.17, 15) is 0 Å². The highest BCUT2D eigenvalue weighted by atomic mass is 14.0. The lowest BCUT2D eigenvalue weighted by molar-refractivity contribution is 0.538. The molecule has 1 atom stereocenters. The molecule has 16 heavy (non-hydrogen) atoms. The van der Waals surface area contributed by atoms with Crippen molar-refractivity contribution >= 4 is 0 Å². The average Bonchev–Trinajstić information content (AvgIpc) is 2.33. The molecule has 0 nitrogen and oxygen atoms in total. The summed E-state index contributed by atoms with van der Waals surface area (Å²) in [4.78, 5) is 0. The van der Waals surface area contributed by atoms with Crippen molar-refractivity contribution < 1.29 is 1.37 Å².